The monoisotopic (exact) mass is 429 g/mol. The predicted molar refractivity (Wildman–Crippen MR) is 113 cm³/mol. The van der Waals surface area contributed by atoms with E-state index in [1.54, 1.807) is 10.9 Å². The van der Waals surface area contributed by atoms with E-state index in [0.717, 1.165) is 24.5 Å². The summed E-state index contributed by atoms with van der Waals surface area (Å²) in [5, 5.41) is 4.33. The Morgan fingerprint density at radius 3 is 2.77 bits per heavy atom. The Labute approximate surface area is 182 Å². The Bertz CT molecular complexity index is 880. The van der Waals surface area contributed by atoms with Crippen LogP contribution in [0.15, 0.2) is 35.1 Å². The predicted octanol–water partition coefficient (Wildman–Crippen LogP) is 0.764. The number of nitrogens with zero attached hydrogens (tertiary/aromatic N) is 5. The van der Waals surface area contributed by atoms with Gasteiger partial charge in [0.05, 0.1) is 37.4 Å². The van der Waals surface area contributed by atoms with Gasteiger partial charge in [-0.1, -0.05) is 0 Å². The minimum absolute atomic E-state index is 0.0992. The van der Waals surface area contributed by atoms with Crippen LogP contribution in [-0.2, 0) is 34.3 Å². The molecule has 1 amide bonds. The summed E-state index contributed by atoms with van der Waals surface area (Å²) in [7, 11) is 1.85. The van der Waals surface area contributed by atoms with Crippen molar-refractivity contribution in [2.24, 2.45) is 13.0 Å². The van der Waals surface area contributed by atoms with Crippen LogP contribution in [0.4, 0.5) is 0 Å². The fraction of sp³-hybridized carbons (Fsp3) is 0.591. The second-order valence-corrected chi connectivity index (χ2v) is 8.37. The van der Waals surface area contributed by atoms with E-state index in [2.05, 4.69) is 14.9 Å². The van der Waals surface area contributed by atoms with E-state index in [9.17, 15) is 9.59 Å². The number of ether oxygens (including phenoxy) is 1. The molecule has 9 heteroatoms. The summed E-state index contributed by atoms with van der Waals surface area (Å²) < 4.78 is 12.6. The molecule has 2 saturated heterocycles. The van der Waals surface area contributed by atoms with Crippen molar-refractivity contribution in [3.05, 3.63) is 42.1 Å². The normalized spacial score (nSPS) is 22.7. The summed E-state index contributed by atoms with van der Waals surface area (Å²) in [5.74, 6) is 0.606. The molecule has 4 rings (SSSR count). The van der Waals surface area contributed by atoms with Gasteiger partial charge in [0.2, 0.25) is 5.91 Å². The van der Waals surface area contributed by atoms with E-state index in [4.69, 9.17) is 9.15 Å². The first kappa shape index (κ1) is 21.6. The number of hydrogen-bond acceptors (Lipinski definition) is 7. The standard InChI is InChI=1S/C22H31N5O4/c1-3-30-22(29)17-12-25(16-20-5-4-10-31-20)14-19-15-27(9-8-26(19)13-17)21(28)11-18-6-7-24(2)23-18/h4-7,10,17,19H,3,8-9,11-16H2,1-2H3. The first-order chi connectivity index (χ1) is 15.0. The molecule has 0 radical (unpaired) electrons. The number of furan rings is 1. The van der Waals surface area contributed by atoms with Crippen LogP contribution in [-0.4, -0.2) is 88.3 Å². The van der Waals surface area contributed by atoms with Crippen molar-refractivity contribution in [1.82, 2.24) is 24.5 Å². The molecule has 2 atom stereocenters. The topological polar surface area (TPSA) is 84.0 Å². The number of aryl methyl sites for hydroxylation is 1. The van der Waals surface area contributed by atoms with Crippen molar-refractivity contribution < 1.29 is 18.7 Å². The summed E-state index contributed by atoms with van der Waals surface area (Å²) in [4.78, 5) is 32.0. The molecule has 2 aromatic rings. The number of carbonyl (C=O) groups excluding carboxylic acids is 2. The number of esters is 1. The van der Waals surface area contributed by atoms with Crippen LogP contribution in [0.25, 0.3) is 0 Å². The number of fused-ring (bicyclic) bond motifs is 1. The summed E-state index contributed by atoms with van der Waals surface area (Å²) in [6.45, 7) is 6.96. The summed E-state index contributed by atoms with van der Waals surface area (Å²) >= 11 is 0. The maximum absolute atomic E-state index is 12.9. The van der Waals surface area contributed by atoms with Crippen LogP contribution >= 0.6 is 0 Å². The number of hydrogen-bond donors (Lipinski definition) is 0. The third kappa shape index (κ3) is 5.34. The minimum Gasteiger partial charge on any atom is -0.468 e. The first-order valence-corrected chi connectivity index (χ1v) is 10.9. The van der Waals surface area contributed by atoms with E-state index in [1.165, 1.54) is 0 Å². The van der Waals surface area contributed by atoms with Gasteiger partial charge in [-0.3, -0.25) is 24.1 Å². The number of aromatic nitrogens is 2. The van der Waals surface area contributed by atoms with Crippen LogP contribution in [0.1, 0.15) is 18.4 Å². The third-order valence-electron chi connectivity index (χ3n) is 6.04. The Balaban J connectivity index is 1.45. The van der Waals surface area contributed by atoms with Crippen molar-refractivity contribution in [2.45, 2.75) is 25.9 Å². The van der Waals surface area contributed by atoms with Gasteiger partial charge in [0, 0.05) is 58.6 Å². The molecular weight excluding hydrogens is 398 g/mol. The number of piperazine rings is 1. The van der Waals surface area contributed by atoms with Gasteiger partial charge < -0.3 is 14.1 Å². The molecule has 2 fully saturated rings. The molecule has 9 nitrogen and oxygen atoms in total. The second-order valence-electron chi connectivity index (χ2n) is 8.37. The van der Waals surface area contributed by atoms with Crippen LogP contribution in [0, 0.1) is 5.92 Å². The van der Waals surface area contributed by atoms with Gasteiger partial charge in [-0.15, -0.1) is 0 Å². The molecule has 4 heterocycles. The molecule has 0 N–H and O–H groups in total. The molecule has 31 heavy (non-hydrogen) atoms. The Morgan fingerprint density at radius 1 is 1.19 bits per heavy atom. The molecule has 0 aliphatic carbocycles. The SMILES string of the molecule is CCOC(=O)C1CN(Cc2ccco2)CC2CN(C(=O)Cc3ccn(C)n3)CCN2C1. The van der Waals surface area contributed by atoms with E-state index in [0.29, 0.717) is 45.8 Å². The maximum atomic E-state index is 12.9. The van der Waals surface area contributed by atoms with Crippen LogP contribution in [0.2, 0.25) is 0 Å². The van der Waals surface area contributed by atoms with E-state index >= 15 is 0 Å². The summed E-state index contributed by atoms with van der Waals surface area (Å²) in [6, 6.07) is 5.87. The fourth-order valence-electron chi connectivity index (χ4n) is 4.54. The molecular formula is C22H31N5O4. The zero-order valence-electron chi connectivity index (χ0n) is 18.3. The highest BCUT2D eigenvalue weighted by Gasteiger charge is 2.38. The van der Waals surface area contributed by atoms with Crippen molar-refractivity contribution in [2.75, 3.05) is 45.9 Å². The number of carbonyl (C=O) groups is 2. The Morgan fingerprint density at radius 2 is 2.06 bits per heavy atom. The molecule has 0 saturated carbocycles. The van der Waals surface area contributed by atoms with Crippen molar-refractivity contribution in [3.63, 3.8) is 0 Å². The highest BCUT2D eigenvalue weighted by molar-refractivity contribution is 5.78. The molecule has 0 spiro atoms. The Kier molecular flexibility index (Phi) is 6.72. The largest absolute Gasteiger partial charge is 0.468 e. The molecule has 2 unspecified atom stereocenters. The lowest BCUT2D eigenvalue weighted by atomic mass is 10.1. The first-order valence-electron chi connectivity index (χ1n) is 10.9. The van der Waals surface area contributed by atoms with Gasteiger partial charge in [0.25, 0.3) is 0 Å². The second kappa shape index (κ2) is 9.65. The molecule has 2 aliphatic heterocycles. The highest BCUT2D eigenvalue weighted by Crippen LogP contribution is 2.22. The molecule has 2 aromatic heterocycles. The average molecular weight is 430 g/mol. The van der Waals surface area contributed by atoms with Gasteiger partial charge in [-0.05, 0) is 25.1 Å². The number of amides is 1. The fourth-order valence-corrected chi connectivity index (χ4v) is 4.54. The van der Waals surface area contributed by atoms with Crippen LogP contribution in [0.5, 0.6) is 0 Å². The van der Waals surface area contributed by atoms with Gasteiger partial charge in [0.15, 0.2) is 0 Å². The van der Waals surface area contributed by atoms with Gasteiger partial charge >= 0.3 is 5.97 Å². The van der Waals surface area contributed by atoms with Gasteiger partial charge in [-0.2, -0.15) is 5.10 Å². The summed E-state index contributed by atoms with van der Waals surface area (Å²) in [6.07, 6.45) is 3.84. The zero-order valence-corrected chi connectivity index (χ0v) is 18.3. The van der Waals surface area contributed by atoms with Gasteiger partial charge in [-0.25, -0.2) is 0 Å². The van der Waals surface area contributed by atoms with Crippen LogP contribution in [0.3, 0.4) is 0 Å². The van der Waals surface area contributed by atoms with E-state index in [1.807, 2.05) is 43.3 Å². The van der Waals surface area contributed by atoms with Crippen molar-refractivity contribution >= 4 is 11.9 Å². The van der Waals surface area contributed by atoms with Gasteiger partial charge in [0.1, 0.15) is 5.76 Å². The average Bonchev–Trinajstić information content (AvgIpc) is 3.35. The van der Waals surface area contributed by atoms with E-state index in [-0.39, 0.29) is 23.8 Å². The smallest absolute Gasteiger partial charge is 0.311 e. The molecule has 0 bridgehead atoms. The lowest BCUT2D eigenvalue weighted by Crippen LogP contribution is -2.57. The molecule has 2 aliphatic rings. The zero-order chi connectivity index (χ0) is 21.8. The van der Waals surface area contributed by atoms with Crippen molar-refractivity contribution in [1.29, 1.82) is 0 Å². The lowest BCUT2D eigenvalue weighted by Gasteiger charge is -2.41. The lowest BCUT2D eigenvalue weighted by molar-refractivity contribution is -0.149. The third-order valence-corrected chi connectivity index (χ3v) is 6.04. The van der Waals surface area contributed by atoms with E-state index < -0.39 is 0 Å². The van der Waals surface area contributed by atoms with Crippen LogP contribution < -0.4 is 0 Å². The Hall–Kier alpha value is -2.65. The maximum Gasteiger partial charge on any atom is 0.311 e. The molecule has 0 aromatic carbocycles. The summed E-state index contributed by atoms with van der Waals surface area (Å²) in [5.41, 5.74) is 0.789. The minimum atomic E-state index is -0.212. The molecule has 168 valence electrons. The quantitative estimate of drug-likeness (QED) is 0.627. The number of rotatable bonds is 6. The highest BCUT2D eigenvalue weighted by atomic mass is 16.5. The van der Waals surface area contributed by atoms with Crippen molar-refractivity contribution in [3.8, 4) is 0 Å².